The van der Waals surface area contributed by atoms with Crippen molar-refractivity contribution in [1.29, 1.82) is 0 Å². The largest absolute Gasteiger partial charge is 0.381 e. The Hall–Kier alpha value is -1.07. The number of fused-ring (bicyclic) bond motifs is 1. The van der Waals surface area contributed by atoms with Crippen LogP contribution in [0.4, 0.5) is 0 Å². The van der Waals surface area contributed by atoms with E-state index in [2.05, 4.69) is 9.97 Å². The molecule has 1 N–H and O–H groups in total. The molecule has 0 atom stereocenters. The molecule has 0 unspecified atom stereocenters. The lowest BCUT2D eigenvalue weighted by Gasteiger charge is -2.17. The molecule has 2 rings (SSSR count). The molecule has 0 spiro atoms. The third-order valence-corrected chi connectivity index (χ3v) is 3.45. The van der Waals surface area contributed by atoms with E-state index < -0.39 is 0 Å². The first-order valence-corrected chi connectivity index (χ1v) is 6.23. The fourth-order valence-corrected chi connectivity index (χ4v) is 2.73. The molecule has 0 fully saturated rings. The minimum absolute atomic E-state index is 0.0157. The van der Waals surface area contributed by atoms with Crippen LogP contribution in [0.3, 0.4) is 0 Å². The van der Waals surface area contributed by atoms with Crippen molar-refractivity contribution in [1.82, 2.24) is 9.97 Å². The molecule has 1 aromatic rings. The molecular formula is C11H14N2O2S. The van der Waals surface area contributed by atoms with Crippen molar-refractivity contribution in [3.8, 4) is 0 Å². The van der Waals surface area contributed by atoms with Gasteiger partial charge >= 0.3 is 0 Å². The SMILES string of the molecule is COCC=C1CSCc2c1nc(C)[nH]c2=O. The second kappa shape index (κ2) is 4.84. The second-order valence-corrected chi connectivity index (χ2v) is 4.64. The number of nitrogens with one attached hydrogen (secondary N) is 1. The zero-order valence-electron chi connectivity index (χ0n) is 9.37. The molecule has 2 heterocycles. The van der Waals surface area contributed by atoms with Crippen molar-refractivity contribution in [2.45, 2.75) is 12.7 Å². The number of methoxy groups -OCH3 is 1. The highest BCUT2D eigenvalue weighted by atomic mass is 32.2. The fraction of sp³-hybridized carbons (Fsp3) is 0.455. The summed E-state index contributed by atoms with van der Waals surface area (Å²) in [6, 6.07) is 0. The van der Waals surface area contributed by atoms with E-state index in [1.165, 1.54) is 0 Å². The quantitative estimate of drug-likeness (QED) is 0.845. The van der Waals surface area contributed by atoms with Crippen LogP contribution in [0.2, 0.25) is 0 Å². The van der Waals surface area contributed by atoms with Crippen LogP contribution in [0.1, 0.15) is 17.1 Å². The maximum Gasteiger partial charge on any atom is 0.255 e. The molecule has 5 heteroatoms. The van der Waals surface area contributed by atoms with Crippen molar-refractivity contribution in [3.63, 3.8) is 0 Å². The lowest BCUT2D eigenvalue weighted by atomic mass is 10.1. The first-order chi connectivity index (χ1) is 7.72. The van der Waals surface area contributed by atoms with Crippen LogP contribution in [0.25, 0.3) is 5.57 Å². The van der Waals surface area contributed by atoms with E-state index in [0.29, 0.717) is 12.4 Å². The van der Waals surface area contributed by atoms with Gasteiger partial charge in [-0.1, -0.05) is 6.08 Å². The number of H-pyrrole nitrogens is 1. The van der Waals surface area contributed by atoms with Crippen LogP contribution in [0, 0.1) is 6.92 Å². The zero-order chi connectivity index (χ0) is 11.5. The normalized spacial score (nSPS) is 17.5. The van der Waals surface area contributed by atoms with Gasteiger partial charge in [-0.25, -0.2) is 4.98 Å². The highest BCUT2D eigenvalue weighted by molar-refractivity contribution is 7.99. The summed E-state index contributed by atoms with van der Waals surface area (Å²) in [5, 5.41) is 0. The molecule has 0 bridgehead atoms. The van der Waals surface area contributed by atoms with Crippen LogP contribution in [-0.2, 0) is 10.5 Å². The van der Waals surface area contributed by atoms with Gasteiger partial charge in [0.25, 0.3) is 5.56 Å². The highest BCUT2D eigenvalue weighted by Crippen LogP contribution is 2.28. The van der Waals surface area contributed by atoms with Crippen molar-refractivity contribution in [2.75, 3.05) is 19.5 Å². The van der Waals surface area contributed by atoms with Gasteiger partial charge < -0.3 is 9.72 Å². The van der Waals surface area contributed by atoms with Gasteiger partial charge in [-0.15, -0.1) is 0 Å². The molecule has 1 aliphatic heterocycles. The summed E-state index contributed by atoms with van der Waals surface area (Å²) in [6.45, 7) is 2.36. The molecule has 0 aromatic carbocycles. The predicted octanol–water partition coefficient (Wildman–Crippen LogP) is 1.35. The summed E-state index contributed by atoms with van der Waals surface area (Å²) in [7, 11) is 1.66. The van der Waals surface area contributed by atoms with E-state index in [9.17, 15) is 4.79 Å². The lowest BCUT2D eigenvalue weighted by Crippen LogP contribution is -2.21. The number of hydrogen-bond acceptors (Lipinski definition) is 4. The topological polar surface area (TPSA) is 55.0 Å². The zero-order valence-corrected chi connectivity index (χ0v) is 10.2. The smallest absolute Gasteiger partial charge is 0.255 e. The van der Waals surface area contributed by atoms with Gasteiger partial charge in [0, 0.05) is 18.6 Å². The number of rotatable bonds is 2. The monoisotopic (exact) mass is 238 g/mol. The van der Waals surface area contributed by atoms with Gasteiger partial charge in [-0.2, -0.15) is 11.8 Å². The number of nitrogens with zero attached hydrogens (tertiary/aromatic N) is 1. The van der Waals surface area contributed by atoms with Crippen molar-refractivity contribution < 1.29 is 4.74 Å². The molecule has 1 aliphatic rings. The van der Waals surface area contributed by atoms with E-state index in [4.69, 9.17) is 4.74 Å². The number of hydrogen-bond donors (Lipinski definition) is 1. The third-order valence-electron chi connectivity index (χ3n) is 2.44. The van der Waals surface area contributed by atoms with Crippen LogP contribution in [-0.4, -0.2) is 29.4 Å². The number of thioether (sulfide) groups is 1. The van der Waals surface area contributed by atoms with Crippen LogP contribution >= 0.6 is 11.8 Å². The minimum atomic E-state index is -0.0157. The highest BCUT2D eigenvalue weighted by Gasteiger charge is 2.19. The van der Waals surface area contributed by atoms with E-state index in [1.54, 1.807) is 25.8 Å². The van der Waals surface area contributed by atoms with Crippen molar-refractivity contribution in [3.05, 3.63) is 33.5 Å². The molecule has 4 nitrogen and oxygen atoms in total. The van der Waals surface area contributed by atoms with Gasteiger partial charge in [-0.05, 0) is 12.5 Å². The first-order valence-electron chi connectivity index (χ1n) is 5.08. The maximum absolute atomic E-state index is 11.7. The Morgan fingerprint density at radius 2 is 2.38 bits per heavy atom. The standard InChI is InChI=1S/C11H14N2O2S/c1-7-12-10-8(3-4-15-2)5-16-6-9(10)11(14)13-7/h3H,4-6H2,1-2H3,(H,12,13,14). The van der Waals surface area contributed by atoms with Crippen LogP contribution in [0.15, 0.2) is 10.9 Å². The molecule has 1 aromatic heterocycles. The average Bonchev–Trinajstić information content (AvgIpc) is 2.26. The maximum atomic E-state index is 11.7. The van der Waals surface area contributed by atoms with Gasteiger partial charge in [0.05, 0.1) is 17.9 Å². The summed E-state index contributed by atoms with van der Waals surface area (Å²) in [4.78, 5) is 18.9. The Morgan fingerprint density at radius 3 is 3.12 bits per heavy atom. The number of aryl methyl sites for hydroxylation is 1. The Morgan fingerprint density at radius 1 is 1.56 bits per heavy atom. The summed E-state index contributed by atoms with van der Waals surface area (Å²) < 4.78 is 5.02. The van der Waals surface area contributed by atoms with Crippen LogP contribution in [0.5, 0.6) is 0 Å². The van der Waals surface area contributed by atoms with Gasteiger partial charge in [0.2, 0.25) is 0 Å². The Kier molecular flexibility index (Phi) is 3.46. The van der Waals surface area contributed by atoms with Gasteiger partial charge in [0.1, 0.15) is 5.82 Å². The molecular weight excluding hydrogens is 224 g/mol. The summed E-state index contributed by atoms with van der Waals surface area (Å²) in [5.41, 5.74) is 2.71. The molecule has 0 amide bonds. The summed E-state index contributed by atoms with van der Waals surface area (Å²) in [5.74, 6) is 2.30. The molecule has 0 radical (unpaired) electrons. The molecule has 16 heavy (non-hydrogen) atoms. The van der Waals surface area contributed by atoms with Crippen molar-refractivity contribution in [2.24, 2.45) is 0 Å². The van der Waals surface area contributed by atoms with E-state index in [0.717, 1.165) is 28.3 Å². The molecule has 86 valence electrons. The Labute approximate surface area is 98.1 Å². The summed E-state index contributed by atoms with van der Waals surface area (Å²) in [6.07, 6.45) is 2.00. The van der Waals surface area contributed by atoms with E-state index in [1.807, 2.05) is 6.08 Å². The Balaban J connectivity index is 2.49. The minimum Gasteiger partial charge on any atom is -0.381 e. The van der Waals surface area contributed by atoms with Gasteiger partial charge in [0.15, 0.2) is 0 Å². The molecule has 0 aliphatic carbocycles. The molecule has 0 saturated carbocycles. The van der Waals surface area contributed by atoms with E-state index >= 15 is 0 Å². The second-order valence-electron chi connectivity index (χ2n) is 3.66. The van der Waals surface area contributed by atoms with Crippen LogP contribution < -0.4 is 5.56 Å². The fourth-order valence-electron chi connectivity index (χ4n) is 1.68. The predicted molar refractivity (Wildman–Crippen MR) is 65.6 cm³/mol. The number of aromatic nitrogens is 2. The third kappa shape index (κ3) is 2.20. The molecule has 0 saturated heterocycles. The number of aromatic amines is 1. The summed E-state index contributed by atoms with van der Waals surface area (Å²) >= 11 is 1.73. The first kappa shape index (κ1) is 11.4. The van der Waals surface area contributed by atoms with Gasteiger partial charge in [-0.3, -0.25) is 4.79 Å². The Bertz CT molecular complexity index is 479. The number of ether oxygens (including phenoxy) is 1. The average molecular weight is 238 g/mol. The van der Waals surface area contributed by atoms with E-state index in [-0.39, 0.29) is 5.56 Å². The van der Waals surface area contributed by atoms with Crippen molar-refractivity contribution >= 4 is 17.3 Å². The lowest BCUT2D eigenvalue weighted by molar-refractivity contribution is 0.234.